The van der Waals surface area contributed by atoms with Crippen LogP contribution in [-0.4, -0.2) is 54.4 Å². The molecular formula is C29H37N3O2. The normalized spacial score (nSPS) is 11.0. The Bertz CT molecular complexity index is 1080. The molecule has 3 rings (SSSR count). The summed E-state index contributed by atoms with van der Waals surface area (Å²) in [5.41, 5.74) is 6.98. The predicted molar refractivity (Wildman–Crippen MR) is 144 cm³/mol. The number of hydrogen-bond donors (Lipinski definition) is 0. The molecule has 0 atom stereocenters. The molecule has 0 N–H and O–H groups in total. The van der Waals surface area contributed by atoms with Crippen LogP contribution in [0.25, 0.3) is 0 Å². The van der Waals surface area contributed by atoms with Gasteiger partial charge < -0.3 is 19.4 Å². The average molecular weight is 460 g/mol. The lowest BCUT2D eigenvalue weighted by molar-refractivity contribution is 0.0376. The summed E-state index contributed by atoms with van der Waals surface area (Å²) in [5, 5.41) is 0. The Morgan fingerprint density at radius 3 is 1.62 bits per heavy atom. The molecule has 0 radical (unpaired) electrons. The summed E-state index contributed by atoms with van der Waals surface area (Å²) in [6, 6.07) is 22.9. The van der Waals surface area contributed by atoms with Gasteiger partial charge in [0.2, 0.25) is 0 Å². The van der Waals surface area contributed by atoms with E-state index in [9.17, 15) is 4.79 Å². The van der Waals surface area contributed by atoms with Crippen LogP contribution in [0.15, 0.2) is 66.7 Å². The molecule has 0 amide bonds. The fraction of sp³-hybridized carbons (Fsp3) is 0.345. The van der Waals surface area contributed by atoms with Gasteiger partial charge in [-0.1, -0.05) is 42.5 Å². The minimum atomic E-state index is -0.302. The first-order chi connectivity index (χ1) is 16.1. The lowest BCUT2D eigenvalue weighted by Gasteiger charge is -2.30. The Balaban J connectivity index is 2.38. The number of carbonyl (C=O) groups is 1. The van der Waals surface area contributed by atoms with Gasteiger partial charge in [-0.25, -0.2) is 4.79 Å². The van der Waals surface area contributed by atoms with Crippen LogP contribution in [0.4, 0.5) is 17.1 Å². The molecule has 0 fully saturated rings. The molecule has 0 aromatic heterocycles. The van der Waals surface area contributed by atoms with Crippen LogP contribution in [0.3, 0.4) is 0 Å². The van der Waals surface area contributed by atoms with Crippen LogP contribution >= 0.6 is 0 Å². The Kier molecular flexibility index (Phi) is 7.87. The number of nitrogens with zero attached hydrogens (tertiary/aromatic N) is 3. The highest BCUT2D eigenvalue weighted by molar-refractivity contribution is 5.93. The first-order valence-electron chi connectivity index (χ1n) is 11.7. The fourth-order valence-electron chi connectivity index (χ4n) is 4.31. The van der Waals surface area contributed by atoms with Crippen molar-refractivity contribution >= 4 is 23.0 Å². The first-order valence-corrected chi connectivity index (χ1v) is 11.7. The maximum Gasteiger partial charge on any atom is 0.338 e. The molecule has 34 heavy (non-hydrogen) atoms. The van der Waals surface area contributed by atoms with Crippen LogP contribution in [0.5, 0.6) is 0 Å². The molecule has 0 saturated heterocycles. The van der Waals surface area contributed by atoms with Crippen molar-refractivity contribution in [3.8, 4) is 0 Å². The van der Waals surface area contributed by atoms with E-state index in [2.05, 4.69) is 98.7 Å². The number of esters is 1. The van der Waals surface area contributed by atoms with E-state index in [1.54, 1.807) is 0 Å². The molecule has 0 saturated carbocycles. The molecule has 0 bridgehead atoms. The Hall–Kier alpha value is -3.47. The van der Waals surface area contributed by atoms with Crippen LogP contribution in [-0.2, 0) is 4.74 Å². The maximum absolute atomic E-state index is 13.4. The van der Waals surface area contributed by atoms with Gasteiger partial charge in [0.1, 0.15) is 0 Å². The van der Waals surface area contributed by atoms with Gasteiger partial charge in [0.05, 0.1) is 11.7 Å². The molecule has 0 aliphatic rings. The number of carbonyl (C=O) groups excluding carboxylic acids is 1. The van der Waals surface area contributed by atoms with Crippen molar-refractivity contribution in [2.24, 2.45) is 0 Å². The van der Waals surface area contributed by atoms with Crippen LogP contribution in [0.1, 0.15) is 46.8 Å². The zero-order chi connectivity index (χ0) is 25.0. The van der Waals surface area contributed by atoms with E-state index in [1.165, 1.54) is 0 Å². The molecule has 0 aliphatic carbocycles. The average Bonchev–Trinajstić information content (AvgIpc) is 2.79. The maximum atomic E-state index is 13.4. The second-order valence-electron chi connectivity index (χ2n) is 9.46. The Labute approximate surface area is 204 Å². The summed E-state index contributed by atoms with van der Waals surface area (Å²) >= 11 is 0. The lowest BCUT2D eigenvalue weighted by atomic mass is 9.80. The van der Waals surface area contributed by atoms with Crippen molar-refractivity contribution in [1.29, 1.82) is 0 Å². The second-order valence-corrected chi connectivity index (χ2v) is 9.46. The number of para-hydroxylation sites is 2. The molecule has 5 heteroatoms. The van der Waals surface area contributed by atoms with Gasteiger partial charge in [0, 0.05) is 65.3 Å². The van der Waals surface area contributed by atoms with Gasteiger partial charge in [0.15, 0.2) is 0 Å². The van der Waals surface area contributed by atoms with Gasteiger partial charge in [-0.2, -0.15) is 0 Å². The summed E-state index contributed by atoms with van der Waals surface area (Å²) < 4.78 is 5.71. The van der Waals surface area contributed by atoms with Crippen molar-refractivity contribution in [2.45, 2.75) is 25.9 Å². The molecule has 180 valence electrons. The molecule has 3 aromatic carbocycles. The number of anilines is 3. The number of ether oxygens (including phenoxy) is 1. The van der Waals surface area contributed by atoms with E-state index in [0.717, 1.165) is 33.8 Å². The smallest absolute Gasteiger partial charge is 0.338 e. The van der Waals surface area contributed by atoms with Crippen molar-refractivity contribution in [3.05, 3.63) is 89.0 Å². The van der Waals surface area contributed by atoms with Crippen molar-refractivity contribution in [1.82, 2.24) is 0 Å². The molecule has 0 spiro atoms. The van der Waals surface area contributed by atoms with Crippen LogP contribution in [0, 0.1) is 0 Å². The summed E-state index contributed by atoms with van der Waals surface area (Å²) in [7, 11) is 12.2. The topological polar surface area (TPSA) is 36.0 Å². The zero-order valence-electron chi connectivity index (χ0n) is 21.7. The van der Waals surface area contributed by atoms with Crippen molar-refractivity contribution < 1.29 is 9.53 Å². The van der Waals surface area contributed by atoms with Gasteiger partial charge in [-0.15, -0.1) is 0 Å². The van der Waals surface area contributed by atoms with E-state index < -0.39 is 0 Å². The summed E-state index contributed by atoms with van der Waals surface area (Å²) in [6.07, 6.45) is -0.204. The standard InChI is InChI=1S/C29H37N3O2/c1-20(2)34-29(33)25-19-21(30(3)4)17-18-22(25)28(23-13-9-11-15-26(23)31(5)6)24-14-10-12-16-27(24)32(7)8/h9-20,28H,1-8H3. The van der Waals surface area contributed by atoms with E-state index in [0.29, 0.717) is 5.56 Å². The highest BCUT2D eigenvalue weighted by Crippen LogP contribution is 2.42. The van der Waals surface area contributed by atoms with Gasteiger partial charge >= 0.3 is 5.97 Å². The Morgan fingerprint density at radius 2 is 1.18 bits per heavy atom. The van der Waals surface area contributed by atoms with E-state index in [-0.39, 0.29) is 18.0 Å². The second kappa shape index (κ2) is 10.6. The highest BCUT2D eigenvalue weighted by Gasteiger charge is 2.28. The van der Waals surface area contributed by atoms with Gasteiger partial charge in [0.25, 0.3) is 0 Å². The SMILES string of the molecule is CC(C)OC(=O)c1cc(N(C)C)ccc1C(c1ccccc1N(C)C)c1ccccc1N(C)C. The lowest BCUT2D eigenvalue weighted by Crippen LogP contribution is -2.21. The van der Waals surface area contributed by atoms with E-state index >= 15 is 0 Å². The molecule has 3 aromatic rings. The Morgan fingerprint density at radius 1 is 0.676 bits per heavy atom. The zero-order valence-corrected chi connectivity index (χ0v) is 21.7. The highest BCUT2D eigenvalue weighted by atomic mass is 16.5. The van der Waals surface area contributed by atoms with Crippen molar-refractivity contribution in [3.63, 3.8) is 0 Å². The number of hydrogen-bond acceptors (Lipinski definition) is 5. The number of rotatable bonds is 8. The fourth-order valence-corrected chi connectivity index (χ4v) is 4.31. The third kappa shape index (κ3) is 5.36. The van der Waals surface area contributed by atoms with Crippen LogP contribution in [0.2, 0.25) is 0 Å². The van der Waals surface area contributed by atoms with E-state index in [4.69, 9.17) is 4.74 Å². The molecular weight excluding hydrogens is 422 g/mol. The van der Waals surface area contributed by atoms with Gasteiger partial charge in [-0.05, 0) is 54.8 Å². The largest absolute Gasteiger partial charge is 0.459 e. The van der Waals surface area contributed by atoms with E-state index in [1.807, 2.05) is 38.9 Å². The predicted octanol–water partition coefficient (Wildman–Crippen LogP) is 5.63. The third-order valence-corrected chi connectivity index (χ3v) is 5.89. The summed E-state index contributed by atoms with van der Waals surface area (Å²) in [4.78, 5) is 19.7. The summed E-state index contributed by atoms with van der Waals surface area (Å²) in [5.74, 6) is -0.466. The molecule has 5 nitrogen and oxygen atoms in total. The molecule has 0 heterocycles. The minimum Gasteiger partial charge on any atom is -0.459 e. The summed E-state index contributed by atoms with van der Waals surface area (Å²) in [6.45, 7) is 3.76. The van der Waals surface area contributed by atoms with Crippen LogP contribution < -0.4 is 14.7 Å². The number of benzene rings is 3. The monoisotopic (exact) mass is 459 g/mol. The quantitative estimate of drug-likeness (QED) is 0.322. The molecule has 0 aliphatic heterocycles. The first kappa shape index (κ1) is 25.2. The minimum absolute atomic E-state index is 0.164. The molecule has 0 unspecified atom stereocenters. The van der Waals surface area contributed by atoms with Gasteiger partial charge in [-0.3, -0.25) is 0 Å². The van der Waals surface area contributed by atoms with Crippen molar-refractivity contribution in [2.75, 3.05) is 57.0 Å². The third-order valence-electron chi connectivity index (χ3n) is 5.89.